The van der Waals surface area contributed by atoms with Crippen LogP contribution in [-0.2, 0) is 9.59 Å². The molecular formula is C15H5Cl8NO2. The van der Waals surface area contributed by atoms with Gasteiger partial charge in [0.1, 0.15) is 9.75 Å². The molecule has 2 fully saturated rings. The van der Waals surface area contributed by atoms with Gasteiger partial charge in [0.25, 0.3) is 0 Å². The molecule has 0 radical (unpaired) electrons. The molecule has 0 N–H and O–H groups in total. The minimum Gasteiger partial charge on any atom is -0.274 e. The van der Waals surface area contributed by atoms with E-state index in [2.05, 4.69) is 0 Å². The Balaban J connectivity index is 1.94. The second-order valence-corrected chi connectivity index (χ2v) is 10.2. The van der Waals surface area contributed by atoms with Crippen molar-refractivity contribution in [3.05, 3.63) is 38.3 Å². The summed E-state index contributed by atoms with van der Waals surface area (Å²) in [6, 6.07) is 4.54. The number of hydrogen-bond acceptors (Lipinski definition) is 2. The van der Waals surface area contributed by atoms with E-state index < -0.39 is 37.7 Å². The van der Waals surface area contributed by atoms with Gasteiger partial charge in [-0.05, 0) is 12.1 Å². The van der Waals surface area contributed by atoms with E-state index >= 15 is 0 Å². The van der Waals surface area contributed by atoms with E-state index in [1.807, 2.05) is 0 Å². The molecule has 0 unspecified atom stereocenters. The molecule has 2 amide bonds. The Labute approximate surface area is 188 Å². The fraction of sp³-hybridized carbons (Fsp3) is 0.333. The Morgan fingerprint density at radius 1 is 0.808 bits per heavy atom. The Kier molecular flexibility index (Phi) is 4.35. The van der Waals surface area contributed by atoms with Crippen LogP contribution in [0.25, 0.3) is 0 Å². The number of anilines is 1. The fourth-order valence-electron chi connectivity index (χ4n) is 3.90. The van der Waals surface area contributed by atoms with Crippen LogP contribution in [0.4, 0.5) is 5.69 Å². The number of carbonyl (C=O) groups is 2. The standard InChI is InChI=1S/C15H5Cl8NO2/c16-4-2-1-3-5(8(4)17)24-11(25)6-7(12(24)26)14(21)10(19)9(18)13(6,20)15(14,22)23/h1-3,6-7H/t6-,7+,13+,14-. The van der Waals surface area contributed by atoms with Gasteiger partial charge in [0.15, 0.2) is 4.33 Å². The summed E-state index contributed by atoms with van der Waals surface area (Å²) in [5.41, 5.74) is 0.102. The maximum absolute atomic E-state index is 13.2. The zero-order valence-electron chi connectivity index (χ0n) is 12.2. The summed E-state index contributed by atoms with van der Waals surface area (Å²) in [7, 11) is 0. The number of imide groups is 1. The Hall–Kier alpha value is 0.420. The topological polar surface area (TPSA) is 37.4 Å². The van der Waals surface area contributed by atoms with Gasteiger partial charge >= 0.3 is 0 Å². The third-order valence-corrected chi connectivity index (χ3v) is 10.1. The van der Waals surface area contributed by atoms with E-state index in [1.165, 1.54) is 12.1 Å². The molecule has 4 rings (SSSR count). The third kappa shape index (κ3) is 1.88. The average molecular weight is 515 g/mol. The molecule has 1 aromatic carbocycles. The number of nitrogens with zero attached hydrogens (tertiary/aromatic N) is 1. The van der Waals surface area contributed by atoms with Crippen LogP contribution < -0.4 is 4.90 Å². The van der Waals surface area contributed by atoms with Gasteiger partial charge in [0.2, 0.25) is 11.8 Å². The van der Waals surface area contributed by atoms with Crippen LogP contribution in [0.1, 0.15) is 0 Å². The highest BCUT2D eigenvalue weighted by Crippen LogP contribution is 2.77. The van der Waals surface area contributed by atoms with Gasteiger partial charge in [-0.15, -0.1) is 23.2 Å². The van der Waals surface area contributed by atoms with Crippen molar-refractivity contribution in [1.82, 2.24) is 0 Å². The lowest BCUT2D eigenvalue weighted by Gasteiger charge is -2.34. The van der Waals surface area contributed by atoms with Gasteiger partial charge in [0.05, 0.1) is 37.6 Å². The monoisotopic (exact) mass is 511 g/mol. The van der Waals surface area contributed by atoms with E-state index in [4.69, 9.17) is 92.8 Å². The van der Waals surface area contributed by atoms with Crippen molar-refractivity contribution in [2.75, 3.05) is 4.90 Å². The van der Waals surface area contributed by atoms with Crippen molar-refractivity contribution in [1.29, 1.82) is 0 Å². The molecule has 0 spiro atoms. The molecule has 11 heteroatoms. The highest BCUT2D eigenvalue weighted by molar-refractivity contribution is 6.67. The van der Waals surface area contributed by atoms with Crippen LogP contribution >= 0.6 is 92.8 Å². The number of amides is 2. The number of fused-ring (bicyclic) bond motifs is 5. The Morgan fingerprint density at radius 2 is 1.27 bits per heavy atom. The van der Waals surface area contributed by atoms with Crippen LogP contribution in [0.15, 0.2) is 28.3 Å². The number of hydrogen-bond donors (Lipinski definition) is 0. The summed E-state index contributed by atoms with van der Waals surface area (Å²) in [5, 5.41) is -0.0997. The highest BCUT2D eigenvalue weighted by Gasteiger charge is 2.87. The Morgan fingerprint density at radius 3 is 1.73 bits per heavy atom. The largest absolute Gasteiger partial charge is 0.274 e. The number of halogens is 8. The second kappa shape index (κ2) is 5.73. The SMILES string of the molecule is O=C1[C@@H]2[C@H](C(=O)N1c1cccc(Cl)c1Cl)[C@]1(Cl)C(Cl)=C(Cl)[C@@]2(Cl)C1(Cl)Cl. The van der Waals surface area contributed by atoms with Gasteiger partial charge in [-0.25, -0.2) is 4.90 Å². The third-order valence-electron chi connectivity index (χ3n) is 5.08. The summed E-state index contributed by atoms with van der Waals surface area (Å²) in [6.45, 7) is 0. The lowest BCUT2D eigenvalue weighted by molar-refractivity contribution is -0.123. The second-order valence-electron chi connectivity index (χ2n) is 6.17. The molecule has 3 aliphatic rings. The number of carbonyl (C=O) groups excluding carboxylic acids is 2. The van der Waals surface area contributed by atoms with Crippen LogP contribution in [0.3, 0.4) is 0 Å². The first-order valence-electron chi connectivity index (χ1n) is 7.07. The van der Waals surface area contributed by atoms with Crippen molar-refractivity contribution in [3.8, 4) is 0 Å². The van der Waals surface area contributed by atoms with E-state index in [9.17, 15) is 9.59 Å². The van der Waals surface area contributed by atoms with E-state index in [0.717, 1.165) is 4.90 Å². The van der Waals surface area contributed by atoms with Crippen molar-refractivity contribution in [2.45, 2.75) is 14.1 Å². The molecule has 1 aromatic rings. The molecule has 4 atom stereocenters. The molecule has 1 heterocycles. The summed E-state index contributed by atoms with van der Waals surface area (Å²) in [6.07, 6.45) is 0. The lowest BCUT2D eigenvalue weighted by atomic mass is 9.84. The summed E-state index contributed by atoms with van der Waals surface area (Å²) in [5.74, 6) is -3.80. The first-order valence-corrected chi connectivity index (χ1v) is 10.1. The molecule has 138 valence electrons. The molecule has 1 aliphatic heterocycles. The smallest absolute Gasteiger partial charge is 0.240 e. The number of benzene rings is 1. The van der Waals surface area contributed by atoms with Crippen LogP contribution in [0.2, 0.25) is 10.0 Å². The molecular weight excluding hydrogens is 510 g/mol. The summed E-state index contributed by atoms with van der Waals surface area (Å²) >= 11 is 50.7. The molecule has 3 nitrogen and oxygen atoms in total. The first kappa shape index (κ1) is 19.7. The normalized spacial score (nSPS) is 37.8. The minimum absolute atomic E-state index is 0.0311. The zero-order valence-corrected chi connectivity index (χ0v) is 18.2. The first-order chi connectivity index (χ1) is 11.9. The summed E-state index contributed by atoms with van der Waals surface area (Å²) in [4.78, 5) is 23.5. The number of alkyl halides is 4. The minimum atomic E-state index is -1.97. The number of rotatable bonds is 1. The predicted molar refractivity (Wildman–Crippen MR) is 106 cm³/mol. The quantitative estimate of drug-likeness (QED) is 0.343. The molecule has 26 heavy (non-hydrogen) atoms. The van der Waals surface area contributed by atoms with E-state index in [-0.39, 0.29) is 25.8 Å². The zero-order chi connectivity index (χ0) is 19.4. The van der Waals surface area contributed by atoms with Crippen molar-refractivity contribution in [3.63, 3.8) is 0 Å². The average Bonchev–Trinajstić information content (AvgIpc) is 2.95. The fourth-order valence-corrected chi connectivity index (χ4v) is 7.21. The van der Waals surface area contributed by atoms with Gasteiger partial charge in [-0.3, -0.25) is 9.59 Å². The van der Waals surface area contributed by atoms with Crippen LogP contribution in [-0.4, -0.2) is 25.9 Å². The predicted octanol–water partition coefficient (Wildman–Crippen LogP) is 5.94. The molecule has 2 aliphatic carbocycles. The number of allylic oxidation sites excluding steroid dienone is 2. The van der Waals surface area contributed by atoms with Gasteiger partial charge in [-0.2, -0.15) is 0 Å². The maximum atomic E-state index is 13.2. The van der Waals surface area contributed by atoms with Gasteiger partial charge < -0.3 is 0 Å². The lowest BCUT2D eigenvalue weighted by Crippen LogP contribution is -2.50. The van der Waals surface area contributed by atoms with Crippen LogP contribution in [0.5, 0.6) is 0 Å². The van der Waals surface area contributed by atoms with Gasteiger partial charge in [0, 0.05) is 0 Å². The Bertz CT molecular complexity index is 884. The van der Waals surface area contributed by atoms with Crippen molar-refractivity contribution < 1.29 is 9.59 Å². The van der Waals surface area contributed by atoms with E-state index in [0.29, 0.717) is 0 Å². The molecule has 1 saturated heterocycles. The van der Waals surface area contributed by atoms with Crippen molar-refractivity contribution in [2.24, 2.45) is 11.8 Å². The van der Waals surface area contributed by atoms with Crippen LogP contribution in [0, 0.1) is 11.8 Å². The van der Waals surface area contributed by atoms with Gasteiger partial charge in [-0.1, -0.05) is 75.7 Å². The summed E-state index contributed by atoms with van der Waals surface area (Å²) < 4.78 is -1.97. The molecule has 2 bridgehead atoms. The molecule has 1 saturated carbocycles. The molecule has 0 aromatic heterocycles. The van der Waals surface area contributed by atoms with Crippen molar-refractivity contribution >= 4 is 110 Å². The van der Waals surface area contributed by atoms with E-state index in [1.54, 1.807) is 6.07 Å². The highest BCUT2D eigenvalue weighted by atomic mass is 35.5. The maximum Gasteiger partial charge on any atom is 0.240 e.